The number of benzene rings is 1. The Balaban J connectivity index is 2.08. The number of hydrogen-bond acceptors (Lipinski definition) is 1. The van der Waals surface area contributed by atoms with Gasteiger partial charge in [-0.15, -0.1) is 0 Å². The van der Waals surface area contributed by atoms with E-state index in [-0.39, 0.29) is 11.9 Å². The fourth-order valence-corrected chi connectivity index (χ4v) is 3.20. The molecule has 0 unspecified atom stereocenters. The van der Waals surface area contributed by atoms with Gasteiger partial charge in [-0.2, -0.15) is 0 Å². The van der Waals surface area contributed by atoms with Crippen LogP contribution in [0.1, 0.15) is 43.5 Å². The van der Waals surface area contributed by atoms with E-state index >= 15 is 0 Å². The second-order valence-corrected chi connectivity index (χ2v) is 6.32. The zero-order chi connectivity index (χ0) is 14.0. The van der Waals surface area contributed by atoms with Crippen molar-refractivity contribution in [1.82, 2.24) is 5.32 Å². The third-order valence-electron chi connectivity index (χ3n) is 4.20. The van der Waals surface area contributed by atoms with Crippen molar-refractivity contribution in [1.29, 1.82) is 0 Å². The molecule has 0 aromatic heterocycles. The van der Waals surface area contributed by atoms with Crippen LogP contribution in [0.2, 0.25) is 10.0 Å². The van der Waals surface area contributed by atoms with Crippen LogP contribution in [-0.2, 0) is 0 Å². The van der Waals surface area contributed by atoms with Crippen molar-refractivity contribution >= 4 is 29.1 Å². The van der Waals surface area contributed by atoms with E-state index in [4.69, 9.17) is 23.2 Å². The lowest BCUT2D eigenvalue weighted by molar-refractivity contribution is 0.0891. The van der Waals surface area contributed by atoms with Crippen molar-refractivity contribution in [2.75, 3.05) is 0 Å². The van der Waals surface area contributed by atoms with E-state index in [0.717, 1.165) is 6.42 Å². The molecule has 0 radical (unpaired) electrons. The normalized spacial score (nSPS) is 27.1. The van der Waals surface area contributed by atoms with E-state index in [9.17, 15) is 4.79 Å². The molecule has 2 nitrogen and oxygen atoms in total. The topological polar surface area (TPSA) is 29.1 Å². The molecular weight excluding hydrogens is 281 g/mol. The Morgan fingerprint density at radius 1 is 1.26 bits per heavy atom. The van der Waals surface area contributed by atoms with E-state index in [0.29, 0.717) is 27.4 Å². The molecule has 1 fully saturated rings. The minimum absolute atomic E-state index is 0.104. The van der Waals surface area contributed by atoms with Crippen LogP contribution in [0.3, 0.4) is 0 Å². The Bertz CT molecular complexity index is 475. The summed E-state index contributed by atoms with van der Waals surface area (Å²) in [6, 6.07) is 5.21. The molecule has 0 heterocycles. The summed E-state index contributed by atoms with van der Waals surface area (Å²) >= 11 is 11.9. The van der Waals surface area contributed by atoms with Gasteiger partial charge in [0.1, 0.15) is 0 Å². The number of rotatable bonds is 2. The average Bonchev–Trinajstić information content (AvgIpc) is 2.34. The summed E-state index contributed by atoms with van der Waals surface area (Å²) in [4.78, 5) is 12.3. The Morgan fingerprint density at radius 2 is 2.00 bits per heavy atom. The molecule has 0 aliphatic heterocycles. The van der Waals surface area contributed by atoms with Crippen molar-refractivity contribution in [2.45, 2.75) is 39.2 Å². The van der Waals surface area contributed by atoms with Gasteiger partial charge < -0.3 is 5.32 Å². The minimum Gasteiger partial charge on any atom is -0.349 e. The van der Waals surface area contributed by atoms with Crippen molar-refractivity contribution in [3.63, 3.8) is 0 Å². The van der Waals surface area contributed by atoms with E-state index < -0.39 is 0 Å². The van der Waals surface area contributed by atoms with Gasteiger partial charge >= 0.3 is 0 Å². The highest BCUT2D eigenvalue weighted by Crippen LogP contribution is 2.30. The molecule has 1 saturated carbocycles. The third-order valence-corrected chi connectivity index (χ3v) is 4.75. The van der Waals surface area contributed by atoms with Crippen LogP contribution in [0, 0.1) is 11.8 Å². The van der Waals surface area contributed by atoms with Crippen LogP contribution in [0.4, 0.5) is 0 Å². The summed E-state index contributed by atoms with van der Waals surface area (Å²) < 4.78 is 0. The zero-order valence-corrected chi connectivity index (χ0v) is 12.8. The second-order valence-electron chi connectivity index (χ2n) is 5.47. The fraction of sp³-hybridized carbons (Fsp3) is 0.533. The molecule has 3 atom stereocenters. The van der Waals surface area contributed by atoms with Crippen LogP contribution >= 0.6 is 23.2 Å². The standard InChI is InChI=1S/C15H19Cl2NO/c1-9-4-3-5-14(10(9)2)18-15(19)12-7-6-11(16)8-13(12)17/h6-10,14H,3-5H2,1-2H3,(H,18,19)/t9-,10+,14-/m1/s1. The van der Waals surface area contributed by atoms with E-state index in [1.165, 1.54) is 12.8 Å². The van der Waals surface area contributed by atoms with Gasteiger partial charge in [0, 0.05) is 11.1 Å². The number of hydrogen-bond donors (Lipinski definition) is 1. The molecule has 104 valence electrons. The fourth-order valence-electron chi connectivity index (χ4n) is 2.71. The van der Waals surface area contributed by atoms with Crippen molar-refractivity contribution in [2.24, 2.45) is 11.8 Å². The summed E-state index contributed by atoms with van der Waals surface area (Å²) in [7, 11) is 0. The number of amides is 1. The third kappa shape index (κ3) is 3.43. The van der Waals surface area contributed by atoms with Crippen LogP contribution in [0.15, 0.2) is 18.2 Å². The molecule has 1 aromatic rings. The lowest BCUT2D eigenvalue weighted by Gasteiger charge is -2.34. The molecule has 19 heavy (non-hydrogen) atoms. The van der Waals surface area contributed by atoms with Gasteiger partial charge in [0.15, 0.2) is 0 Å². The van der Waals surface area contributed by atoms with Crippen molar-refractivity contribution in [3.05, 3.63) is 33.8 Å². The van der Waals surface area contributed by atoms with Crippen molar-refractivity contribution in [3.8, 4) is 0 Å². The maximum atomic E-state index is 12.3. The largest absolute Gasteiger partial charge is 0.349 e. The summed E-state index contributed by atoms with van der Waals surface area (Å²) in [5, 5.41) is 4.06. The van der Waals surface area contributed by atoms with Gasteiger partial charge in [-0.1, -0.05) is 49.9 Å². The van der Waals surface area contributed by atoms with Crippen molar-refractivity contribution < 1.29 is 4.79 Å². The van der Waals surface area contributed by atoms with Gasteiger partial charge in [0.25, 0.3) is 5.91 Å². The van der Waals surface area contributed by atoms with Gasteiger partial charge in [-0.25, -0.2) is 0 Å². The Labute approximate surface area is 124 Å². The van der Waals surface area contributed by atoms with Gasteiger partial charge in [-0.3, -0.25) is 4.79 Å². The lowest BCUT2D eigenvalue weighted by atomic mass is 9.78. The first-order chi connectivity index (χ1) is 8.99. The van der Waals surface area contributed by atoms with E-state index in [2.05, 4.69) is 19.2 Å². The van der Waals surface area contributed by atoms with Gasteiger partial charge in [0.2, 0.25) is 0 Å². The molecule has 0 spiro atoms. The molecule has 1 aliphatic carbocycles. The summed E-state index contributed by atoms with van der Waals surface area (Å²) in [6.07, 6.45) is 3.46. The SMILES string of the molecule is C[C@H]1[C@H](C)CCC[C@H]1NC(=O)c1ccc(Cl)cc1Cl. The molecule has 2 rings (SSSR count). The van der Waals surface area contributed by atoms with Gasteiger partial charge in [-0.05, 0) is 36.5 Å². The maximum Gasteiger partial charge on any atom is 0.253 e. The Hall–Kier alpha value is -0.730. The second kappa shape index (κ2) is 6.15. The predicted molar refractivity (Wildman–Crippen MR) is 79.9 cm³/mol. The molecular formula is C15H19Cl2NO. The predicted octanol–water partition coefficient (Wildman–Crippen LogP) is 4.55. The van der Waals surface area contributed by atoms with E-state index in [1.807, 2.05) is 0 Å². The number of nitrogens with one attached hydrogen (secondary N) is 1. The smallest absolute Gasteiger partial charge is 0.253 e. The molecule has 1 aromatic carbocycles. The molecule has 1 amide bonds. The summed E-state index contributed by atoms with van der Waals surface area (Å²) in [5.74, 6) is 1.05. The Morgan fingerprint density at radius 3 is 2.68 bits per heavy atom. The Kier molecular flexibility index (Phi) is 4.75. The molecule has 0 bridgehead atoms. The highest BCUT2D eigenvalue weighted by molar-refractivity contribution is 6.36. The molecule has 1 aliphatic rings. The first kappa shape index (κ1) is 14.7. The summed E-state index contributed by atoms with van der Waals surface area (Å²) in [6.45, 7) is 4.45. The van der Waals surface area contributed by atoms with Crippen LogP contribution in [0.25, 0.3) is 0 Å². The summed E-state index contributed by atoms with van der Waals surface area (Å²) in [5.41, 5.74) is 0.497. The number of carbonyl (C=O) groups is 1. The number of halogens is 2. The minimum atomic E-state index is -0.104. The van der Waals surface area contributed by atoms with Crippen LogP contribution in [-0.4, -0.2) is 11.9 Å². The maximum absolute atomic E-state index is 12.3. The first-order valence-electron chi connectivity index (χ1n) is 6.75. The highest BCUT2D eigenvalue weighted by atomic mass is 35.5. The monoisotopic (exact) mass is 299 g/mol. The first-order valence-corrected chi connectivity index (χ1v) is 7.50. The van der Waals surface area contributed by atoms with Gasteiger partial charge in [0.05, 0.1) is 10.6 Å². The highest BCUT2D eigenvalue weighted by Gasteiger charge is 2.28. The molecule has 1 N–H and O–H groups in total. The van der Waals surface area contributed by atoms with E-state index in [1.54, 1.807) is 18.2 Å². The molecule has 0 saturated heterocycles. The quantitative estimate of drug-likeness (QED) is 0.853. The lowest BCUT2D eigenvalue weighted by Crippen LogP contribution is -2.43. The van der Waals surface area contributed by atoms with Crippen LogP contribution in [0.5, 0.6) is 0 Å². The zero-order valence-electron chi connectivity index (χ0n) is 11.2. The number of carbonyl (C=O) groups excluding carboxylic acids is 1. The van der Waals surface area contributed by atoms with Crippen LogP contribution < -0.4 is 5.32 Å². The molecule has 4 heteroatoms. The average molecular weight is 300 g/mol.